The van der Waals surface area contributed by atoms with Crippen molar-refractivity contribution in [2.75, 3.05) is 33.4 Å². The first-order chi connectivity index (χ1) is 10.5. The molecule has 122 valence electrons. The quantitative estimate of drug-likeness (QED) is 0.620. The van der Waals surface area contributed by atoms with Crippen LogP contribution in [0.3, 0.4) is 0 Å². The summed E-state index contributed by atoms with van der Waals surface area (Å²) in [7, 11) is 1.49. The van der Waals surface area contributed by atoms with E-state index in [4.69, 9.17) is 9.84 Å². The van der Waals surface area contributed by atoms with E-state index in [1.165, 1.54) is 23.3 Å². The van der Waals surface area contributed by atoms with Crippen molar-refractivity contribution in [1.29, 1.82) is 0 Å². The van der Waals surface area contributed by atoms with Gasteiger partial charge in [-0.25, -0.2) is 0 Å². The summed E-state index contributed by atoms with van der Waals surface area (Å²) in [6.07, 6.45) is 0.638. The Labute approximate surface area is 132 Å². The van der Waals surface area contributed by atoms with Crippen molar-refractivity contribution in [2.24, 2.45) is 0 Å². The Morgan fingerprint density at radius 1 is 1.41 bits per heavy atom. The van der Waals surface area contributed by atoms with E-state index < -0.39 is 5.97 Å². The number of nitrogens with one attached hydrogen (secondary N) is 1. The summed E-state index contributed by atoms with van der Waals surface area (Å²) in [5.74, 6) is -1.49. The Balaban J connectivity index is 2.30. The van der Waals surface area contributed by atoms with Gasteiger partial charge in [-0.2, -0.15) is 11.3 Å². The Bertz CT molecular complexity index is 489. The summed E-state index contributed by atoms with van der Waals surface area (Å²) in [5, 5.41) is 15.1. The molecule has 0 saturated heterocycles. The van der Waals surface area contributed by atoms with Crippen molar-refractivity contribution in [3.05, 3.63) is 22.4 Å². The van der Waals surface area contributed by atoms with Crippen molar-refractivity contribution >= 4 is 29.1 Å². The number of nitrogens with zero attached hydrogens (tertiary/aromatic N) is 1. The minimum Gasteiger partial charge on any atom is -0.480 e. The minimum absolute atomic E-state index is 0.171. The lowest BCUT2D eigenvalue weighted by atomic mass is 10.2. The summed E-state index contributed by atoms with van der Waals surface area (Å²) >= 11 is 1.44. The van der Waals surface area contributed by atoms with Crippen LogP contribution in [0.5, 0.6) is 0 Å². The van der Waals surface area contributed by atoms with Gasteiger partial charge in [0.1, 0.15) is 6.54 Å². The molecule has 0 radical (unpaired) electrons. The molecule has 0 unspecified atom stereocenters. The molecule has 1 aromatic heterocycles. The molecule has 0 aliphatic carbocycles. The van der Waals surface area contributed by atoms with Crippen LogP contribution in [0.2, 0.25) is 0 Å². The number of methoxy groups -OCH3 is 1. The number of carboxylic acid groups (broad SMARTS) is 1. The third-order valence-corrected chi connectivity index (χ3v) is 3.56. The summed E-state index contributed by atoms with van der Waals surface area (Å²) in [4.78, 5) is 35.6. The predicted molar refractivity (Wildman–Crippen MR) is 82.0 cm³/mol. The van der Waals surface area contributed by atoms with Crippen LogP contribution in [0.4, 0.5) is 0 Å². The number of carbonyl (C=O) groups excluding carboxylic acids is 2. The van der Waals surface area contributed by atoms with Gasteiger partial charge in [0, 0.05) is 37.6 Å². The van der Waals surface area contributed by atoms with Crippen LogP contribution in [0, 0.1) is 0 Å². The van der Waals surface area contributed by atoms with Crippen LogP contribution in [0.25, 0.3) is 0 Å². The molecule has 22 heavy (non-hydrogen) atoms. The molecule has 0 fully saturated rings. The Kier molecular flexibility index (Phi) is 8.16. The van der Waals surface area contributed by atoms with E-state index >= 15 is 0 Å². The van der Waals surface area contributed by atoms with Gasteiger partial charge in [-0.3, -0.25) is 14.4 Å². The van der Waals surface area contributed by atoms with Crippen molar-refractivity contribution in [2.45, 2.75) is 12.8 Å². The van der Waals surface area contributed by atoms with E-state index in [2.05, 4.69) is 5.32 Å². The molecule has 1 rings (SSSR count). The number of thiophene rings is 1. The molecule has 0 saturated carbocycles. The summed E-state index contributed by atoms with van der Waals surface area (Å²) < 4.78 is 4.86. The van der Waals surface area contributed by atoms with Gasteiger partial charge in [0.15, 0.2) is 0 Å². The van der Waals surface area contributed by atoms with E-state index in [9.17, 15) is 14.4 Å². The van der Waals surface area contributed by atoms with Gasteiger partial charge in [-0.05, 0) is 17.9 Å². The maximum absolute atomic E-state index is 12.0. The highest BCUT2D eigenvalue weighted by Gasteiger charge is 2.16. The number of carbonyl (C=O) groups is 3. The van der Waals surface area contributed by atoms with Crippen molar-refractivity contribution in [3.63, 3.8) is 0 Å². The second-order valence-corrected chi connectivity index (χ2v) is 5.35. The molecule has 0 bridgehead atoms. The second-order valence-electron chi connectivity index (χ2n) is 4.57. The molecular weight excluding hydrogens is 308 g/mol. The van der Waals surface area contributed by atoms with E-state index in [0.29, 0.717) is 18.5 Å². The SMILES string of the molecule is COCCN(CC(=O)O)C(=O)CCCNC(=O)c1ccsc1. The maximum Gasteiger partial charge on any atom is 0.323 e. The van der Waals surface area contributed by atoms with Crippen LogP contribution in [0.1, 0.15) is 23.2 Å². The molecule has 1 aromatic rings. The molecule has 0 atom stereocenters. The first-order valence-corrected chi connectivity index (χ1v) is 7.77. The van der Waals surface area contributed by atoms with Gasteiger partial charge in [-0.15, -0.1) is 0 Å². The molecule has 0 spiro atoms. The maximum atomic E-state index is 12.0. The highest BCUT2D eigenvalue weighted by atomic mass is 32.1. The number of aliphatic carboxylic acids is 1. The number of hydrogen-bond acceptors (Lipinski definition) is 5. The number of hydrogen-bond donors (Lipinski definition) is 2. The number of rotatable bonds is 10. The molecular formula is C14H20N2O5S. The highest BCUT2D eigenvalue weighted by Crippen LogP contribution is 2.05. The van der Waals surface area contributed by atoms with Crippen molar-refractivity contribution < 1.29 is 24.2 Å². The molecule has 7 nitrogen and oxygen atoms in total. The number of carboxylic acids is 1. The summed E-state index contributed by atoms with van der Waals surface area (Å²) in [6.45, 7) is 0.547. The monoisotopic (exact) mass is 328 g/mol. The van der Waals surface area contributed by atoms with Gasteiger partial charge >= 0.3 is 5.97 Å². The molecule has 0 aliphatic rings. The van der Waals surface area contributed by atoms with Crippen LogP contribution >= 0.6 is 11.3 Å². The summed E-state index contributed by atoms with van der Waals surface area (Å²) in [5.41, 5.74) is 0.601. The fourth-order valence-electron chi connectivity index (χ4n) is 1.75. The Hall–Kier alpha value is -1.93. The molecule has 2 amide bonds. The first kappa shape index (κ1) is 18.1. The third kappa shape index (κ3) is 6.68. The Morgan fingerprint density at radius 3 is 2.77 bits per heavy atom. The smallest absolute Gasteiger partial charge is 0.323 e. The third-order valence-electron chi connectivity index (χ3n) is 2.88. The standard InChI is InChI=1S/C14H20N2O5S/c1-21-7-6-16(9-13(18)19)12(17)3-2-5-15-14(20)11-4-8-22-10-11/h4,8,10H,2-3,5-7,9H2,1H3,(H,15,20)(H,18,19). The fraction of sp³-hybridized carbons (Fsp3) is 0.500. The van der Waals surface area contributed by atoms with Gasteiger partial charge in [0.25, 0.3) is 5.91 Å². The average Bonchev–Trinajstić information content (AvgIpc) is 3.01. The lowest BCUT2D eigenvalue weighted by Crippen LogP contribution is -2.38. The van der Waals surface area contributed by atoms with Crippen molar-refractivity contribution in [3.8, 4) is 0 Å². The van der Waals surface area contributed by atoms with Gasteiger partial charge < -0.3 is 20.1 Å². The lowest BCUT2D eigenvalue weighted by molar-refractivity contribution is -0.144. The van der Waals surface area contributed by atoms with Crippen LogP contribution in [-0.4, -0.2) is 61.1 Å². The van der Waals surface area contributed by atoms with E-state index in [1.807, 2.05) is 5.38 Å². The topological polar surface area (TPSA) is 95.9 Å². The predicted octanol–water partition coefficient (Wildman–Crippen LogP) is 0.818. The van der Waals surface area contributed by atoms with E-state index in [-0.39, 0.29) is 37.9 Å². The van der Waals surface area contributed by atoms with Crippen LogP contribution in [-0.2, 0) is 14.3 Å². The zero-order valence-corrected chi connectivity index (χ0v) is 13.2. The normalized spacial score (nSPS) is 10.2. The molecule has 2 N–H and O–H groups in total. The average molecular weight is 328 g/mol. The highest BCUT2D eigenvalue weighted by molar-refractivity contribution is 7.08. The molecule has 1 heterocycles. The van der Waals surface area contributed by atoms with E-state index in [0.717, 1.165) is 0 Å². The van der Waals surface area contributed by atoms with Gasteiger partial charge in [0.2, 0.25) is 5.91 Å². The van der Waals surface area contributed by atoms with Crippen molar-refractivity contribution in [1.82, 2.24) is 10.2 Å². The molecule has 8 heteroatoms. The number of amides is 2. The molecule has 0 aromatic carbocycles. The largest absolute Gasteiger partial charge is 0.480 e. The molecule has 0 aliphatic heterocycles. The van der Waals surface area contributed by atoms with Gasteiger partial charge in [-0.1, -0.05) is 0 Å². The van der Waals surface area contributed by atoms with E-state index in [1.54, 1.807) is 11.4 Å². The number of ether oxygens (including phenoxy) is 1. The Morgan fingerprint density at radius 2 is 2.18 bits per heavy atom. The minimum atomic E-state index is -1.06. The van der Waals surface area contributed by atoms with Gasteiger partial charge in [0.05, 0.1) is 6.61 Å². The fourth-order valence-corrected chi connectivity index (χ4v) is 2.39. The first-order valence-electron chi connectivity index (χ1n) is 6.83. The lowest BCUT2D eigenvalue weighted by Gasteiger charge is -2.20. The van der Waals surface area contributed by atoms with Crippen LogP contribution in [0.15, 0.2) is 16.8 Å². The second kappa shape index (κ2) is 9.91. The summed E-state index contributed by atoms with van der Waals surface area (Å²) in [6, 6.07) is 1.73. The zero-order chi connectivity index (χ0) is 16.4. The zero-order valence-electron chi connectivity index (χ0n) is 12.4. The van der Waals surface area contributed by atoms with Crippen LogP contribution < -0.4 is 5.32 Å².